The fourth-order valence-corrected chi connectivity index (χ4v) is 1.51. The summed E-state index contributed by atoms with van der Waals surface area (Å²) in [7, 11) is 3.39. The molecule has 1 saturated carbocycles. The van der Waals surface area contributed by atoms with E-state index in [1.807, 2.05) is 0 Å². The van der Waals surface area contributed by atoms with E-state index < -0.39 is 0 Å². The van der Waals surface area contributed by atoms with Gasteiger partial charge in [-0.25, -0.2) is 0 Å². The van der Waals surface area contributed by atoms with Crippen molar-refractivity contribution in [3.63, 3.8) is 0 Å². The molecule has 2 rings (SSSR count). The number of hydrogen-bond acceptors (Lipinski definition) is 3. The maximum Gasteiger partial charge on any atom is 0.253 e. The Morgan fingerprint density at radius 3 is 2.76 bits per heavy atom. The summed E-state index contributed by atoms with van der Waals surface area (Å²) in [5.74, 6) is 0.995. The maximum atomic E-state index is 11.7. The van der Waals surface area contributed by atoms with Crippen LogP contribution in [0.4, 0.5) is 0 Å². The molecule has 0 aliphatic heterocycles. The Morgan fingerprint density at radius 1 is 1.47 bits per heavy atom. The van der Waals surface area contributed by atoms with Gasteiger partial charge in [0.1, 0.15) is 0 Å². The predicted octanol–water partition coefficient (Wildman–Crippen LogP) is 1.88. The number of phenolic OH excluding ortho intramolecular Hbond substituents is 1. The van der Waals surface area contributed by atoms with Gasteiger partial charge in [0.2, 0.25) is 0 Å². The summed E-state index contributed by atoms with van der Waals surface area (Å²) in [6, 6.07) is 4.70. The predicted molar refractivity (Wildman–Crippen MR) is 64.3 cm³/mol. The third-order valence-electron chi connectivity index (χ3n) is 2.78. The molecule has 0 saturated heterocycles. The van der Waals surface area contributed by atoms with E-state index in [9.17, 15) is 9.90 Å². The van der Waals surface area contributed by atoms with Crippen LogP contribution in [0, 0.1) is 5.92 Å². The van der Waals surface area contributed by atoms with Crippen LogP contribution in [0.25, 0.3) is 0 Å². The Balaban J connectivity index is 2.12. The molecule has 0 bridgehead atoms. The number of hydrogen-bond donors (Lipinski definition) is 1. The van der Waals surface area contributed by atoms with Crippen molar-refractivity contribution in [1.82, 2.24) is 4.90 Å². The lowest BCUT2D eigenvalue weighted by Gasteiger charge is -2.12. The van der Waals surface area contributed by atoms with E-state index in [-0.39, 0.29) is 11.7 Å². The third-order valence-corrected chi connectivity index (χ3v) is 2.78. The van der Waals surface area contributed by atoms with E-state index >= 15 is 0 Å². The highest BCUT2D eigenvalue weighted by Crippen LogP contribution is 2.32. The molecule has 0 aromatic heterocycles. The van der Waals surface area contributed by atoms with Crippen LogP contribution in [0.2, 0.25) is 0 Å². The zero-order chi connectivity index (χ0) is 12.4. The summed E-state index contributed by atoms with van der Waals surface area (Å²) in [6.45, 7) is 0.618. The van der Waals surface area contributed by atoms with Gasteiger partial charge in [0, 0.05) is 19.7 Å². The topological polar surface area (TPSA) is 49.8 Å². The number of aromatic hydroxyl groups is 1. The number of nitrogens with zero attached hydrogens (tertiary/aromatic N) is 1. The largest absolute Gasteiger partial charge is 0.504 e. The minimum absolute atomic E-state index is 0.0842. The van der Waals surface area contributed by atoms with Crippen LogP contribution in [-0.2, 0) is 0 Å². The van der Waals surface area contributed by atoms with Crippen molar-refractivity contribution in [3.8, 4) is 11.5 Å². The van der Waals surface area contributed by atoms with Gasteiger partial charge in [-0.1, -0.05) is 0 Å². The van der Waals surface area contributed by atoms with Crippen molar-refractivity contribution in [2.45, 2.75) is 12.8 Å². The number of ether oxygens (including phenoxy) is 1. The normalized spacial score (nSPS) is 14.5. The van der Waals surface area contributed by atoms with Crippen molar-refractivity contribution < 1.29 is 14.6 Å². The lowest BCUT2D eigenvalue weighted by molar-refractivity contribution is 0.0827. The molecular formula is C13H17NO3. The Bertz CT molecular complexity index is 425. The second-order valence-corrected chi connectivity index (χ2v) is 4.64. The van der Waals surface area contributed by atoms with Gasteiger partial charge in [0.05, 0.1) is 6.61 Å². The van der Waals surface area contributed by atoms with E-state index in [0.717, 1.165) is 0 Å². The van der Waals surface area contributed by atoms with Crippen molar-refractivity contribution >= 4 is 5.91 Å². The second kappa shape index (κ2) is 4.65. The van der Waals surface area contributed by atoms with Crippen molar-refractivity contribution in [1.29, 1.82) is 0 Å². The summed E-state index contributed by atoms with van der Waals surface area (Å²) in [4.78, 5) is 13.2. The maximum absolute atomic E-state index is 11.7. The Hall–Kier alpha value is -1.71. The van der Waals surface area contributed by atoms with Gasteiger partial charge in [-0.15, -0.1) is 0 Å². The van der Waals surface area contributed by atoms with Crippen LogP contribution in [0.3, 0.4) is 0 Å². The summed E-state index contributed by atoms with van der Waals surface area (Å²) in [6.07, 6.45) is 2.38. The molecule has 92 valence electrons. The van der Waals surface area contributed by atoms with Gasteiger partial charge in [-0.2, -0.15) is 0 Å². The minimum Gasteiger partial charge on any atom is -0.504 e. The quantitative estimate of drug-likeness (QED) is 0.867. The van der Waals surface area contributed by atoms with Crippen LogP contribution in [0.15, 0.2) is 18.2 Å². The summed E-state index contributed by atoms with van der Waals surface area (Å²) in [5.41, 5.74) is 0.526. The Morgan fingerprint density at radius 2 is 2.18 bits per heavy atom. The molecule has 0 unspecified atom stereocenters. The fraction of sp³-hybridized carbons (Fsp3) is 0.462. The van der Waals surface area contributed by atoms with Crippen molar-refractivity contribution in [2.75, 3.05) is 20.7 Å². The summed E-state index contributed by atoms with van der Waals surface area (Å²) >= 11 is 0. The second-order valence-electron chi connectivity index (χ2n) is 4.64. The lowest BCUT2D eigenvalue weighted by atomic mass is 10.2. The van der Waals surface area contributed by atoms with Crippen molar-refractivity contribution in [3.05, 3.63) is 23.8 Å². The minimum atomic E-state index is -0.0960. The molecule has 17 heavy (non-hydrogen) atoms. The molecule has 1 amide bonds. The monoisotopic (exact) mass is 235 g/mol. The number of rotatable bonds is 4. The first kappa shape index (κ1) is 11.8. The first-order valence-corrected chi connectivity index (χ1v) is 5.75. The lowest BCUT2D eigenvalue weighted by Crippen LogP contribution is -2.21. The highest BCUT2D eigenvalue weighted by molar-refractivity contribution is 5.94. The van der Waals surface area contributed by atoms with E-state index in [1.165, 1.54) is 23.8 Å². The van der Waals surface area contributed by atoms with E-state index in [4.69, 9.17) is 4.74 Å². The zero-order valence-corrected chi connectivity index (χ0v) is 10.1. The smallest absolute Gasteiger partial charge is 0.253 e. The number of carbonyl (C=O) groups excluding carboxylic acids is 1. The Kier molecular flexibility index (Phi) is 3.22. The van der Waals surface area contributed by atoms with Gasteiger partial charge < -0.3 is 14.7 Å². The van der Waals surface area contributed by atoms with Crippen molar-refractivity contribution in [2.24, 2.45) is 5.92 Å². The van der Waals surface area contributed by atoms with Gasteiger partial charge in [0.15, 0.2) is 11.5 Å². The molecular weight excluding hydrogens is 218 g/mol. The molecule has 1 aromatic carbocycles. The van der Waals surface area contributed by atoms with Crippen LogP contribution in [-0.4, -0.2) is 36.6 Å². The van der Waals surface area contributed by atoms with Crippen LogP contribution >= 0.6 is 0 Å². The average Bonchev–Trinajstić information content (AvgIpc) is 3.11. The molecule has 4 nitrogen and oxygen atoms in total. The van der Waals surface area contributed by atoms with Gasteiger partial charge >= 0.3 is 0 Å². The third kappa shape index (κ3) is 2.90. The molecule has 1 fully saturated rings. The van der Waals surface area contributed by atoms with Gasteiger partial charge in [-0.3, -0.25) is 4.79 Å². The number of amides is 1. The van der Waals surface area contributed by atoms with Crippen LogP contribution in [0.5, 0.6) is 11.5 Å². The molecule has 0 spiro atoms. The molecule has 1 aliphatic carbocycles. The molecule has 0 radical (unpaired) electrons. The van der Waals surface area contributed by atoms with Crippen LogP contribution < -0.4 is 4.74 Å². The standard InChI is InChI=1S/C13H17NO3/c1-14(2)13(16)10-5-6-11(15)12(7-10)17-8-9-3-4-9/h5-7,9,15H,3-4,8H2,1-2H3. The average molecular weight is 235 g/mol. The van der Waals surface area contributed by atoms with E-state index in [2.05, 4.69) is 0 Å². The Labute approximate surface area is 101 Å². The van der Waals surface area contributed by atoms with E-state index in [1.54, 1.807) is 26.2 Å². The van der Waals surface area contributed by atoms with E-state index in [0.29, 0.717) is 23.8 Å². The van der Waals surface area contributed by atoms with Gasteiger partial charge in [0.25, 0.3) is 5.91 Å². The molecule has 0 atom stereocenters. The zero-order valence-electron chi connectivity index (χ0n) is 10.1. The fourth-order valence-electron chi connectivity index (χ4n) is 1.51. The highest BCUT2D eigenvalue weighted by Gasteiger charge is 2.22. The highest BCUT2D eigenvalue weighted by atomic mass is 16.5. The SMILES string of the molecule is CN(C)C(=O)c1ccc(O)c(OCC2CC2)c1. The molecule has 0 heterocycles. The van der Waals surface area contributed by atoms with Crippen LogP contribution in [0.1, 0.15) is 23.2 Å². The number of phenols is 1. The first-order valence-electron chi connectivity index (χ1n) is 5.75. The molecule has 4 heteroatoms. The summed E-state index contributed by atoms with van der Waals surface area (Å²) in [5, 5.41) is 9.64. The molecule has 1 aromatic rings. The first-order chi connectivity index (χ1) is 8.08. The number of carbonyl (C=O) groups is 1. The number of benzene rings is 1. The summed E-state index contributed by atoms with van der Waals surface area (Å²) < 4.78 is 5.51. The molecule has 1 N–H and O–H groups in total. The molecule has 1 aliphatic rings. The van der Waals surface area contributed by atoms with Gasteiger partial charge in [-0.05, 0) is 37.0 Å².